The molecule has 5 N–H and O–H groups in total. The number of nitrogens with two attached hydrogens (primary N) is 1. The van der Waals surface area contributed by atoms with Gasteiger partial charge in [-0.15, -0.1) is 0 Å². The summed E-state index contributed by atoms with van der Waals surface area (Å²) in [6.07, 6.45) is 17.3. The Morgan fingerprint density at radius 1 is 0.906 bits per heavy atom. The minimum Gasteiger partial charge on any atom is -0.462 e. The van der Waals surface area contributed by atoms with Crippen LogP contribution in [0.3, 0.4) is 0 Å². The molecule has 5 rings (SSSR count). The Balaban J connectivity index is 0.868. The van der Waals surface area contributed by atoms with Crippen molar-refractivity contribution < 1.29 is 38.1 Å². The number of hydrogen-bond donors (Lipinski definition) is 4. The standard InChI is InChI=1S/C49H80N6O9/c1-33(2)10-7-11-34(3)39-14-15-40-38-13-12-36-31-37(18-20-48(36,5)41(38)19-21-49(39,40)6)64-45(59)17-16-43(57)51-22-8-24-61-26-28-63-29-27-62-25-9-23-55(32-42(50)56)47(60)54-46-52-35(4)30-44(58)53-46/h12,30,33-34,37-41H,7-11,13-29,31-32H2,1-6H3,(H2,50,56)(H,51,57)(H2,52,53,54,58,60)/t34-,37+,38+,39-,40+,41+,48+,49-/m1/s1. The SMILES string of the molecule is Cc1cc(=O)[nH]c(NC(=O)N(CCCOCCOCCOCCCNC(=O)CCC(=O)O[C@H]2CC[C@@]3(C)C(=CC[C@H]4[C@@H]5CC[C@H]([C@H](C)CCCC(C)C)[C@@]5(C)CC[C@@H]43)C2)CC(N)=O)n1. The van der Waals surface area contributed by atoms with Crippen molar-refractivity contribution in [1.82, 2.24) is 20.2 Å². The Bertz CT molecular complexity index is 1790. The van der Waals surface area contributed by atoms with E-state index in [2.05, 4.69) is 61.3 Å². The first-order valence-corrected chi connectivity index (χ1v) is 24.4. The number of nitrogens with one attached hydrogen (secondary N) is 3. The molecule has 0 aromatic carbocycles. The third-order valence-corrected chi connectivity index (χ3v) is 15.1. The van der Waals surface area contributed by atoms with Crippen molar-refractivity contribution in [2.75, 3.05) is 64.6 Å². The highest BCUT2D eigenvalue weighted by Crippen LogP contribution is 2.67. The van der Waals surface area contributed by atoms with Gasteiger partial charge in [-0.05, 0) is 111 Å². The van der Waals surface area contributed by atoms with Crippen LogP contribution in [0.4, 0.5) is 10.7 Å². The molecule has 15 heteroatoms. The number of rotatable bonds is 26. The summed E-state index contributed by atoms with van der Waals surface area (Å²) in [5.74, 6) is 3.67. The first-order valence-electron chi connectivity index (χ1n) is 24.4. The van der Waals surface area contributed by atoms with Crippen molar-refractivity contribution in [1.29, 1.82) is 0 Å². The van der Waals surface area contributed by atoms with Gasteiger partial charge in [0.2, 0.25) is 17.8 Å². The number of hydrogen-bond acceptors (Lipinski definition) is 10. The van der Waals surface area contributed by atoms with Crippen LogP contribution in [-0.2, 0) is 33.3 Å². The van der Waals surface area contributed by atoms with E-state index in [0.29, 0.717) is 70.1 Å². The summed E-state index contributed by atoms with van der Waals surface area (Å²) < 4.78 is 22.7. The van der Waals surface area contributed by atoms with Crippen molar-refractivity contribution in [3.8, 4) is 0 Å². The number of carbonyl (C=O) groups is 4. The number of anilines is 1. The van der Waals surface area contributed by atoms with E-state index in [9.17, 15) is 24.0 Å². The highest BCUT2D eigenvalue weighted by atomic mass is 16.5. The number of fused-ring (bicyclic) bond motifs is 5. The quantitative estimate of drug-likeness (QED) is 0.0423. The molecule has 3 fully saturated rings. The van der Waals surface area contributed by atoms with Gasteiger partial charge in [0.05, 0.1) is 32.8 Å². The Kier molecular flexibility index (Phi) is 19.7. The molecule has 3 saturated carbocycles. The average molecular weight is 897 g/mol. The number of H-pyrrole nitrogens is 1. The molecular weight excluding hydrogens is 817 g/mol. The van der Waals surface area contributed by atoms with Crippen LogP contribution in [0.5, 0.6) is 0 Å². The number of urea groups is 1. The van der Waals surface area contributed by atoms with Gasteiger partial charge in [-0.25, -0.2) is 9.78 Å². The van der Waals surface area contributed by atoms with Crippen LogP contribution in [-0.4, -0.2) is 104 Å². The lowest BCUT2D eigenvalue weighted by molar-refractivity contribution is -0.152. The van der Waals surface area contributed by atoms with Crippen LogP contribution in [0.2, 0.25) is 0 Å². The number of primary amides is 1. The summed E-state index contributed by atoms with van der Waals surface area (Å²) in [6.45, 7) is 16.7. The van der Waals surface area contributed by atoms with Gasteiger partial charge in [0.1, 0.15) is 12.6 Å². The molecule has 0 unspecified atom stereocenters. The molecule has 0 spiro atoms. The summed E-state index contributed by atoms with van der Waals surface area (Å²) in [5.41, 5.74) is 7.53. The van der Waals surface area contributed by atoms with E-state index >= 15 is 0 Å². The molecule has 1 aromatic rings. The van der Waals surface area contributed by atoms with E-state index in [4.69, 9.17) is 24.7 Å². The normalized spacial score (nSPS) is 26.5. The van der Waals surface area contributed by atoms with Crippen molar-refractivity contribution >= 4 is 29.8 Å². The lowest BCUT2D eigenvalue weighted by Gasteiger charge is -2.58. The lowest BCUT2D eigenvalue weighted by Crippen LogP contribution is -2.51. The molecule has 1 heterocycles. The number of aryl methyl sites for hydroxylation is 1. The largest absolute Gasteiger partial charge is 0.462 e. The number of allylic oxidation sites excluding steroid dienone is 1. The molecule has 4 aliphatic rings. The zero-order chi connectivity index (χ0) is 46.3. The molecule has 0 bridgehead atoms. The molecule has 4 aliphatic carbocycles. The van der Waals surface area contributed by atoms with Crippen molar-refractivity contribution in [3.63, 3.8) is 0 Å². The highest BCUT2D eigenvalue weighted by Gasteiger charge is 2.59. The average Bonchev–Trinajstić information content (AvgIpc) is 3.59. The third kappa shape index (κ3) is 14.6. The van der Waals surface area contributed by atoms with E-state index < -0.39 is 17.5 Å². The van der Waals surface area contributed by atoms with Crippen LogP contribution < -0.4 is 21.9 Å². The Morgan fingerprint density at radius 2 is 1.62 bits per heavy atom. The second-order valence-electron chi connectivity index (χ2n) is 20.1. The predicted molar refractivity (Wildman–Crippen MR) is 246 cm³/mol. The molecule has 64 heavy (non-hydrogen) atoms. The third-order valence-electron chi connectivity index (χ3n) is 15.1. The summed E-state index contributed by atoms with van der Waals surface area (Å²) >= 11 is 0. The highest BCUT2D eigenvalue weighted by molar-refractivity contribution is 5.90. The molecule has 0 radical (unpaired) electrons. The number of esters is 1. The zero-order valence-corrected chi connectivity index (χ0v) is 39.8. The number of ether oxygens (including phenoxy) is 4. The minimum atomic E-state index is -0.673. The maximum absolute atomic E-state index is 12.9. The fourth-order valence-corrected chi connectivity index (χ4v) is 11.9. The van der Waals surface area contributed by atoms with Gasteiger partial charge in [-0.2, -0.15) is 0 Å². The molecule has 0 saturated heterocycles. The second-order valence-corrected chi connectivity index (χ2v) is 20.1. The Hall–Kier alpha value is -3.82. The minimum absolute atomic E-state index is 0.0178. The van der Waals surface area contributed by atoms with Crippen molar-refractivity contribution in [3.05, 3.63) is 33.8 Å². The van der Waals surface area contributed by atoms with Gasteiger partial charge in [-0.1, -0.05) is 65.5 Å². The van der Waals surface area contributed by atoms with Crippen LogP contribution >= 0.6 is 0 Å². The van der Waals surface area contributed by atoms with E-state index in [1.54, 1.807) is 6.92 Å². The molecule has 360 valence electrons. The predicted octanol–water partition coefficient (Wildman–Crippen LogP) is 7.08. The number of amides is 4. The van der Waals surface area contributed by atoms with Crippen LogP contribution in [0.1, 0.15) is 137 Å². The van der Waals surface area contributed by atoms with Crippen LogP contribution in [0, 0.1) is 53.3 Å². The van der Waals surface area contributed by atoms with Crippen LogP contribution in [0.15, 0.2) is 22.5 Å². The van der Waals surface area contributed by atoms with E-state index in [1.807, 2.05) is 0 Å². The molecule has 1 aromatic heterocycles. The number of aromatic amines is 1. The van der Waals surface area contributed by atoms with Gasteiger partial charge in [0, 0.05) is 50.9 Å². The summed E-state index contributed by atoms with van der Waals surface area (Å²) in [6, 6.07) is 0.679. The summed E-state index contributed by atoms with van der Waals surface area (Å²) in [4.78, 5) is 68.8. The fraction of sp³-hybridized carbons (Fsp3) is 0.796. The Morgan fingerprint density at radius 3 is 2.33 bits per heavy atom. The topological polar surface area (TPSA) is 204 Å². The lowest BCUT2D eigenvalue weighted by atomic mass is 9.47. The smallest absolute Gasteiger partial charge is 0.324 e. The maximum atomic E-state index is 12.9. The molecule has 4 amide bonds. The summed E-state index contributed by atoms with van der Waals surface area (Å²) in [7, 11) is 0. The number of aromatic nitrogens is 2. The van der Waals surface area contributed by atoms with Gasteiger partial charge in [0.15, 0.2) is 0 Å². The first-order chi connectivity index (χ1) is 30.6. The van der Waals surface area contributed by atoms with Gasteiger partial charge in [-0.3, -0.25) is 29.5 Å². The van der Waals surface area contributed by atoms with Crippen molar-refractivity contribution in [2.45, 2.75) is 144 Å². The van der Waals surface area contributed by atoms with Crippen LogP contribution in [0.25, 0.3) is 0 Å². The fourth-order valence-electron chi connectivity index (χ4n) is 11.9. The van der Waals surface area contributed by atoms with Gasteiger partial charge in [0.25, 0.3) is 5.56 Å². The number of nitrogens with zero attached hydrogens (tertiary/aromatic N) is 2. The van der Waals surface area contributed by atoms with Gasteiger partial charge >= 0.3 is 12.0 Å². The Labute approximate surface area is 381 Å². The monoisotopic (exact) mass is 897 g/mol. The number of carbonyl (C=O) groups excluding carboxylic acids is 4. The van der Waals surface area contributed by atoms with Gasteiger partial charge < -0.3 is 34.9 Å². The zero-order valence-electron chi connectivity index (χ0n) is 39.8. The molecule has 0 aliphatic heterocycles. The van der Waals surface area contributed by atoms with Crippen molar-refractivity contribution in [2.24, 2.45) is 52.1 Å². The second kappa shape index (κ2) is 24.6. The molecule has 15 nitrogen and oxygen atoms in total. The van der Waals surface area contributed by atoms with E-state index in [-0.39, 0.29) is 55.3 Å². The molecule has 8 atom stereocenters. The first kappa shape index (κ1) is 51.2. The maximum Gasteiger partial charge on any atom is 0.324 e. The summed E-state index contributed by atoms with van der Waals surface area (Å²) in [5, 5.41) is 5.35. The molecular formula is C49H80N6O9. The van der Waals surface area contributed by atoms with E-state index in [1.165, 1.54) is 67.9 Å². The van der Waals surface area contributed by atoms with E-state index in [0.717, 1.165) is 54.8 Å².